The highest BCUT2D eigenvalue weighted by Gasteiger charge is 2.28. The van der Waals surface area contributed by atoms with Crippen LogP contribution in [0.5, 0.6) is 0 Å². The van der Waals surface area contributed by atoms with Crippen LogP contribution in [0.1, 0.15) is 24.0 Å². The van der Waals surface area contributed by atoms with Crippen LogP contribution in [-0.2, 0) is 0 Å². The molecule has 0 fully saturated rings. The summed E-state index contributed by atoms with van der Waals surface area (Å²) in [6.45, 7) is 0. The summed E-state index contributed by atoms with van der Waals surface area (Å²) in [6, 6.07) is 75.1. The van der Waals surface area contributed by atoms with Crippen molar-refractivity contribution in [1.29, 1.82) is 0 Å². The third-order valence-corrected chi connectivity index (χ3v) is 16.0. The summed E-state index contributed by atoms with van der Waals surface area (Å²) in [6.07, 6.45) is 10.6. The van der Waals surface area contributed by atoms with Gasteiger partial charge in [0.25, 0.3) is 0 Å². The first-order valence-electron chi connectivity index (χ1n) is 25.6. The Hall–Kier alpha value is -9.64. The van der Waals surface area contributed by atoms with E-state index in [1.165, 1.54) is 71.6 Å². The minimum Gasteiger partial charge on any atom is -0.256 e. The van der Waals surface area contributed by atoms with Crippen molar-refractivity contribution in [3.63, 3.8) is 0 Å². The van der Waals surface area contributed by atoms with Gasteiger partial charge in [-0.3, -0.25) is 9.97 Å². The van der Waals surface area contributed by atoms with Gasteiger partial charge >= 0.3 is 0 Å². The van der Waals surface area contributed by atoms with Crippen LogP contribution in [0.3, 0.4) is 0 Å². The average molecular weight is 939 g/mol. The predicted octanol–water partition coefficient (Wildman–Crippen LogP) is 18.3. The molecule has 3 heterocycles. The van der Waals surface area contributed by atoms with E-state index in [1.807, 2.05) is 12.4 Å². The molecule has 0 amide bonds. The lowest BCUT2D eigenvalue weighted by Gasteiger charge is -2.18. The first-order chi connectivity index (χ1) is 36.7. The number of allylic oxidation sites excluding steroid dienone is 4. The lowest BCUT2D eigenvalue weighted by Crippen LogP contribution is -1.99. The number of pyridine rings is 2. The van der Waals surface area contributed by atoms with Crippen LogP contribution < -0.4 is 0 Å². The molecule has 4 heteroatoms. The Kier molecular flexibility index (Phi) is 8.83. The summed E-state index contributed by atoms with van der Waals surface area (Å²) >= 11 is 0. The van der Waals surface area contributed by atoms with Crippen LogP contribution in [-0.4, -0.2) is 19.9 Å². The molecule has 0 bridgehead atoms. The van der Waals surface area contributed by atoms with Crippen LogP contribution in [0.15, 0.2) is 231 Å². The summed E-state index contributed by atoms with van der Waals surface area (Å²) in [4.78, 5) is 21.1. The highest BCUT2D eigenvalue weighted by atomic mass is 14.9. The molecule has 74 heavy (non-hydrogen) atoms. The second kappa shape index (κ2) is 15.9. The maximum atomic E-state index is 5.70. The Morgan fingerprint density at radius 1 is 0.324 bits per heavy atom. The number of hydrogen-bond acceptors (Lipinski definition) is 4. The van der Waals surface area contributed by atoms with E-state index < -0.39 is 0 Å². The molecule has 3 aliphatic rings. The Balaban J connectivity index is 0.964. The Morgan fingerprint density at radius 3 is 1.55 bits per heavy atom. The van der Waals surface area contributed by atoms with Crippen molar-refractivity contribution in [1.82, 2.24) is 19.9 Å². The van der Waals surface area contributed by atoms with Crippen molar-refractivity contribution in [3.05, 3.63) is 242 Å². The quantitative estimate of drug-likeness (QED) is 0.167. The molecule has 0 N–H and O–H groups in total. The van der Waals surface area contributed by atoms with E-state index in [9.17, 15) is 0 Å². The number of nitrogens with zero attached hydrogens (tertiary/aromatic N) is 4. The van der Waals surface area contributed by atoms with E-state index in [2.05, 4.69) is 218 Å². The van der Waals surface area contributed by atoms with Crippen LogP contribution in [0, 0.1) is 0 Å². The lowest BCUT2D eigenvalue weighted by atomic mass is 9.88. The zero-order valence-electron chi connectivity index (χ0n) is 40.1. The Bertz CT molecular complexity index is 4600. The van der Waals surface area contributed by atoms with Gasteiger partial charge in [-0.15, -0.1) is 0 Å². The molecule has 0 spiro atoms. The minimum absolute atomic E-state index is 0.659. The van der Waals surface area contributed by atoms with Gasteiger partial charge < -0.3 is 0 Å². The second-order valence-electron chi connectivity index (χ2n) is 19.9. The fourth-order valence-corrected chi connectivity index (χ4v) is 12.6. The van der Waals surface area contributed by atoms with Gasteiger partial charge in [0.15, 0.2) is 5.82 Å². The first-order valence-corrected chi connectivity index (χ1v) is 25.6. The van der Waals surface area contributed by atoms with Crippen LogP contribution in [0.25, 0.3) is 155 Å². The van der Waals surface area contributed by atoms with Gasteiger partial charge in [-0.2, -0.15) is 0 Å². The van der Waals surface area contributed by atoms with Crippen LogP contribution in [0.4, 0.5) is 0 Å². The van der Waals surface area contributed by atoms with Crippen molar-refractivity contribution >= 4 is 65.1 Å². The summed E-state index contributed by atoms with van der Waals surface area (Å²) in [5.41, 5.74) is 22.9. The molecule has 0 saturated heterocycles. The molecular formula is C70H42N4. The second-order valence-corrected chi connectivity index (χ2v) is 19.9. The highest BCUT2D eigenvalue weighted by molar-refractivity contribution is 6.22. The van der Waals surface area contributed by atoms with E-state index >= 15 is 0 Å². The zero-order chi connectivity index (χ0) is 48.4. The average Bonchev–Trinajstić information content (AvgIpc) is 3.98. The molecule has 3 aliphatic carbocycles. The van der Waals surface area contributed by atoms with Gasteiger partial charge in [0.1, 0.15) is 0 Å². The molecular weight excluding hydrogens is 897 g/mol. The minimum atomic E-state index is 0.659. The SMILES string of the molecule is C1=CC2=C(CC1)c1ccc(-c3cc(-c4ccc5c6c(cccc46)-c4ccccc4-5)c4nc(-c5ccc(-c6nccc7ccccc67)cc5)nc(-c5ccc(-c6nccc7ccccc67)cc5)c4c3)c3cccc2c13. The largest absolute Gasteiger partial charge is 0.256 e. The summed E-state index contributed by atoms with van der Waals surface area (Å²) in [7, 11) is 0. The van der Waals surface area contributed by atoms with E-state index in [0.717, 1.165) is 101 Å². The van der Waals surface area contributed by atoms with E-state index in [-0.39, 0.29) is 0 Å². The summed E-state index contributed by atoms with van der Waals surface area (Å²) < 4.78 is 0. The Labute approximate surface area is 427 Å². The molecule has 0 unspecified atom stereocenters. The summed E-state index contributed by atoms with van der Waals surface area (Å²) in [5, 5.41) is 10.7. The molecule has 3 aromatic heterocycles. The van der Waals surface area contributed by atoms with Crippen molar-refractivity contribution in [3.8, 4) is 89.7 Å². The first kappa shape index (κ1) is 41.0. The molecule has 0 aliphatic heterocycles. The highest BCUT2D eigenvalue weighted by Crippen LogP contribution is 2.52. The standard InChI is InChI=1S/C70H42N4/c1-3-13-49-41(11-1)35-37-71-66(49)43-23-25-45(26-24-43)68-63-40-47(48-31-33-60-53-17-7-5-15-51(53)57-20-9-19-56(48)64(57)60)39-62(55-32-34-61-54-18-8-6-16-52(54)58-21-10-22-59(55)65(58)61)69(63)74-70(73-68)46-29-27-44(28-30-46)67-50-14-4-2-12-42(50)36-38-72-67/h1-6,8-16,18-40H,7,17H2. The number of fused-ring (bicyclic) bond motifs is 8. The number of aromatic nitrogens is 4. The number of rotatable bonds is 6. The fourth-order valence-electron chi connectivity index (χ4n) is 12.6. The lowest BCUT2D eigenvalue weighted by molar-refractivity contribution is 1.06. The predicted molar refractivity (Wildman–Crippen MR) is 307 cm³/mol. The van der Waals surface area contributed by atoms with E-state index in [1.54, 1.807) is 0 Å². The van der Waals surface area contributed by atoms with Crippen molar-refractivity contribution in [2.24, 2.45) is 0 Å². The third kappa shape index (κ3) is 6.09. The molecule has 342 valence electrons. The zero-order valence-corrected chi connectivity index (χ0v) is 40.1. The normalized spacial score (nSPS) is 13.2. The molecule has 0 atom stereocenters. The van der Waals surface area contributed by atoms with E-state index in [4.69, 9.17) is 19.9 Å². The fraction of sp³-hybridized carbons (Fsp3) is 0.0286. The van der Waals surface area contributed by atoms with Crippen LogP contribution in [0.2, 0.25) is 0 Å². The molecule has 4 nitrogen and oxygen atoms in total. The van der Waals surface area contributed by atoms with Gasteiger partial charge in [-0.25, -0.2) is 9.97 Å². The number of benzene rings is 10. The molecule has 16 rings (SSSR count). The summed E-state index contributed by atoms with van der Waals surface area (Å²) in [5.74, 6) is 0.659. The topological polar surface area (TPSA) is 51.6 Å². The molecule has 13 aromatic rings. The van der Waals surface area contributed by atoms with Gasteiger partial charge in [0.05, 0.1) is 22.6 Å². The monoisotopic (exact) mass is 938 g/mol. The van der Waals surface area contributed by atoms with E-state index in [0.29, 0.717) is 5.82 Å². The van der Waals surface area contributed by atoms with Gasteiger partial charge in [0, 0.05) is 56.4 Å². The van der Waals surface area contributed by atoms with Crippen LogP contribution >= 0.6 is 0 Å². The van der Waals surface area contributed by atoms with Crippen molar-refractivity contribution in [2.45, 2.75) is 12.8 Å². The van der Waals surface area contributed by atoms with Crippen molar-refractivity contribution < 1.29 is 0 Å². The molecule has 0 saturated carbocycles. The molecule has 0 radical (unpaired) electrons. The third-order valence-electron chi connectivity index (χ3n) is 16.0. The van der Waals surface area contributed by atoms with Crippen molar-refractivity contribution in [2.75, 3.05) is 0 Å². The van der Waals surface area contributed by atoms with Gasteiger partial charge in [-0.1, -0.05) is 194 Å². The maximum Gasteiger partial charge on any atom is 0.160 e. The smallest absolute Gasteiger partial charge is 0.160 e. The van der Waals surface area contributed by atoms with Gasteiger partial charge in [0.2, 0.25) is 0 Å². The maximum absolute atomic E-state index is 5.70. The Morgan fingerprint density at radius 2 is 0.851 bits per heavy atom. The molecule has 10 aromatic carbocycles. The number of hydrogen-bond donors (Lipinski definition) is 0. The van der Waals surface area contributed by atoms with Gasteiger partial charge in [-0.05, 0) is 131 Å².